The Bertz CT molecular complexity index is 1010. The molecule has 0 radical (unpaired) electrons. The quantitative estimate of drug-likeness (QED) is 0.490. The van der Waals surface area contributed by atoms with Crippen molar-refractivity contribution in [1.29, 1.82) is 0 Å². The van der Waals surface area contributed by atoms with Crippen LogP contribution in [-0.2, 0) is 13.0 Å². The van der Waals surface area contributed by atoms with Crippen LogP contribution in [0.4, 0.5) is 0 Å². The molecular formula is C19H17N3O2S2. The van der Waals surface area contributed by atoms with Gasteiger partial charge in [-0.2, -0.15) is 0 Å². The topological polar surface area (TPSA) is 59.2 Å². The van der Waals surface area contributed by atoms with Gasteiger partial charge in [-0.15, -0.1) is 22.7 Å². The van der Waals surface area contributed by atoms with Gasteiger partial charge in [0, 0.05) is 22.5 Å². The van der Waals surface area contributed by atoms with Crippen LogP contribution >= 0.6 is 22.7 Å². The average molecular weight is 383 g/mol. The fourth-order valence-corrected chi connectivity index (χ4v) is 4.21. The molecule has 0 atom stereocenters. The summed E-state index contributed by atoms with van der Waals surface area (Å²) in [5.74, 6) is -0.0232. The zero-order valence-corrected chi connectivity index (χ0v) is 15.8. The highest BCUT2D eigenvalue weighted by Crippen LogP contribution is 2.20. The number of aromatic nitrogens is 2. The molecule has 132 valence electrons. The minimum atomic E-state index is -0.0232. The molecule has 4 aromatic rings. The molecule has 0 aliphatic heterocycles. The van der Waals surface area contributed by atoms with Gasteiger partial charge in [0.25, 0.3) is 11.6 Å². The van der Waals surface area contributed by atoms with Gasteiger partial charge in [-0.1, -0.05) is 17.3 Å². The van der Waals surface area contributed by atoms with Crippen LogP contribution < -0.4 is 0 Å². The molecule has 1 amide bonds. The molecule has 0 unspecified atom stereocenters. The largest absolute Gasteiger partial charge is 0.336 e. The van der Waals surface area contributed by atoms with E-state index in [1.807, 2.05) is 35.4 Å². The molecule has 0 fully saturated rings. The predicted octanol–water partition coefficient (Wildman–Crippen LogP) is 4.54. The van der Waals surface area contributed by atoms with Crippen molar-refractivity contribution in [2.24, 2.45) is 0 Å². The van der Waals surface area contributed by atoms with Gasteiger partial charge in [-0.3, -0.25) is 4.79 Å². The number of carbonyl (C=O) groups is 1. The van der Waals surface area contributed by atoms with E-state index < -0.39 is 0 Å². The summed E-state index contributed by atoms with van der Waals surface area (Å²) in [6.07, 6.45) is 2.42. The average Bonchev–Trinajstić information content (AvgIpc) is 3.41. The van der Waals surface area contributed by atoms with Gasteiger partial charge < -0.3 is 9.42 Å². The first-order valence-corrected chi connectivity index (χ1v) is 10.0. The first-order valence-electron chi connectivity index (χ1n) is 8.27. The van der Waals surface area contributed by atoms with Gasteiger partial charge in [0.15, 0.2) is 0 Å². The lowest BCUT2D eigenvalue weighted by Gasteiger charge is -2.22. The number of hydrogen-bond acceptors (Lipinski definition) is 6. The minimum absolute atomic E-state index is 0.0232. The Morgan fingerprint density at radius 3 is 2.69 bits per heavy atom. The van der Waals surface area contributed by atoms with Crippen LogP contribution in [0.2, 0.25) is 0 Å². The third-order valence-electron chi connectivity index (χ3n) is 4.18. The number of nitrogens with zero attached hydrogens (tertiary/aromatic N) is 3. The van der Waals surface area contributed by atoms with Crippen molar-refractivity contribution in [3.8, 4) is 0 Å². The molecule has 4 aromatic heterocycles. The predicted molar refractivity (Wildman–Crippen MR) is 104 cm³/mol. The number of thiophene rings is 2. The number of pyridine rings is 1. The molecule has 0 N–H and O–H groups in total. The third kappa shape index (κ3) is 3.54. The van der Waals surface area contributed by atoms with E-state index in [1.54, 1.807) is 28.9 Å². The van der Waals surface area contributed by atoms with Gasteiger partial charge >= 0.3 is 0 Å². The van der Waals surface area contributed by atoms with Crippen LogP contribution in [0.5, 0.6) is 0 Å². The molecular weight excluding hydrogens is 366 g/mol. The fourth-order valence-electron chi connectivity index (χ4n) is 2.79. The Hall–Kier alpha value is -2.51. The minimum Gasteiger partial charge on any atom is -0.336 e. The van der Waals surface area contributed by atoms with Crippen LogP contribution in [-0.4, -0.2) is 27.5 Å². The highest BCUT2D eigenvalue weighted by atomic mass is 32.1. The zero-order valence-electron chi connectivity index (χ0n) is 14.2. The van der Waals surface area contributed by atoms with Crippen molar-refractivity contribution >= 4 is 39.7 Å². The van der Waals surface area contributed by atoms with E-state index in [-0.39, 0.29) is 5.91 Å². The molecule has 0 saturated heterocycles. The van der Waals surface area contributed by atoms with E-state index in [4.69, 9.17) is 4.52 Å². The Labute approximate surface area is 158 Å². The Morgan fingerprint density at radius 1 is 1.19 bits per heavy atom. The van der Waals surface area contributed by atoms with Crippen molar-refractivity contribution in [1.82, 2.24) is 15.0 Å². The lowest BCUT2D eigenvalue weighted by molar-refractivity contribution is 0.0747. The summed E-state index contributed by atoms with van der Waals surface area (Å²) in [5.41, 5.74) is 1.76. The lowest BCUT2D eigenvalue weighted by Crippen LogP contribution is -2.32. The molecule has 5 nitrogen and oxygen atoms in total. The molecule has 0 aliphatic carbocycles. The van der Waals surface area contributed by atoms with Gasteiger partial charge in [0.1, 0.15) is 0 Å². The number of carbonyl (C=O) groups excluding carboxylic acids is 1. The van der Waals surface area contributed by atoms with Crippen molar-refractivity contribution in [3.63, 3.8) is 0 Å². The van der Waals surface area contributed by atoms with Crippen LogP contribution in [0, 0.1) is 6.92 Å². The van der Waals surface area contributed by atoms with E-state index in [1.165, 1.54) is 9.75 Å². The van der Waals surface area contributed by atoms with Gasteiger partial charge in [0.05, 0.1) is 23.2 Å². The highest BCUT2D eigenvalue weighted by Gasteiger charge is 2.19. The summed E-state index contributed by atoms with van der Waals surface area (Å²) in [6.45, 7) is 3.11. The molecule has 26 heavy (non-hydrogen) atoms. The molecule has 4 heterocycles. The van der Waals surface area contributed by atoms with Gasteiger partial charge in [-0.05, 0) is 42.3 Å². The van der Waals surface area contributed by atoms with Crippen LogP contribution in [0.3, 0.4) is 0 Å². The summed E-state index contributed by atoms with van der Waals surface area (Å²) in [4.78, 5) is 21.7. The number of aryl methyl sites for hydroxylation is 1. The number of hydrogen-bond donors (Lipinski definition) is 0. The van der Waals surface area contributed by atoms with Gasteiger partial charge in [-0.25, -0.2) is 4.98 Å². The van der Waals surface area contributed by atoms with Crippen LogP contribution in [0.15, 0.2) is 51.8 Å². The first kappa shape index (κ1) is 16.9. The maximum absolute atomic E-state index is 13.2. The van der Waals surface area contributed by atoms with Crippen molar-refractivity contribution < 1.29 is 9.32 Å². The van der Waals surface area contributed by atoms with Crippen molar-refractivity contribution in [3.05, 3.63) is 68.3 Å². The van der Waals surface area contributed by atoms with Crippen LogP contribution in [0.1, 0.15) is 25.8 Å². The second-order valence-corrected chi connectivity index (χ2v) is 8.04. The van der Waals surface area contributed by atoms with E-state index in [0.29, 0.717) is 24.4 Å². The smallest absolute Gasteiger partial charge is 0.257 e. The maximum atomic E-state index is 13.2. The van der Waals surface area contributed by atoms with E-state index >= 15 is 0 Å². The van der Waals surface area contributed by atoms with Crippen molar-refractivity contribution in [2.45, 2.75) is 19.9 Å². The summed E-state index contributed by atoms with van der Waals surface area (Å²) in [6, 6.07) is 10.0. The summed E-state index contributed by atoms with van der Waals surface area (Å²) >= 11 is 3.38. The second kappa shape index (κ2) is 7.39. The Balaban J connectivity index is 1.59. The summed E-state index contributed by atoms with van der Waals surface area (Å²) < 4.78 is 5.14. The first-order chi connectivity index (χ1) is 12.7. The molecule has 7 heteroatoms. The Kier molecular flexibility index (Phi) is 4.81. The molecule has 0 spiro atoms. The SMILES string of the molecule is Cc1noc2ncc(C(=O)N(CCc3cccs3)Cc3cccs3)cc12. The van der Waals surface area contributed by atoms with Crippen molar-refractivity contribution in [2.75, 3.05) is 6.54 Å². The molecule has 0 aliphatic rings. The third-order valence-corrected chi connectivity index (χ3v) is 5.98. The lowest BCUT2D eigenvalue weighted by atomic mass is 10.2. The van der Waals surface area contributed by atoms with E-state index in [9.17, 15) is 4.79 Å². The number of rotatable bonds is 6. The Morgan fingerprint density at radius 2 is 1.96 bits per heavy atom. The number of amides is 1. The molecule has 0 saturated carbocycles. The molecule has 0 aromatic carbocycles. The second-order valence-electron chi connectivity index (χ2n) is 5.98. The molecule has 4 rings (SSSR count). The summed E-state index contributed by atoms with van der Waals surface area (Å²) in [5, 5.41) is 8.79. The van der Waals surface area contributed by atoms with Gasteiger partial charge in [0.2, 0.25) is 0 Å². The monoisotopic (exact) mass is 383 g/mol. The van der Waals surface area contributed by atoms with Crippen LogP contribution in [0.25, 0.3) is 11.1 Å². The normalized spacial score (nSPS) is 11.1. The van der Waals surface area contributed by atoms with E-state index in [2.05, 4.69) is 27.7 Å². The molecule has 0 bridgehead atoms. The fraction of sp³-hybridized carbons (Fsp3) is 0.211. The maximum Gasteiger partial charge on any atom is 0.257 e. The van der Waals surface area contributed by atoms with E-state index in [0.717, 1.165) is 17.5 Å². The highest BCUT2D eigenvalue weighted by molar-refractivity contribution is 7.10. The standard InChI is InChI=1S/C19H17N3O2S2/c1-13-17-10-14(11-20-18(17)24-21-13)19(23)22(12-16-5-3-9-26-16)7-6-15-4-2-8-25-15/h2-5,8-11H,6-7,12H2,1H3. The zero-order chi connectivity index (χ0) is 17.9. The summed E-state index contributed by atoms with van der Waals surface area (Å²) in [7, 11) is 0. The number of fused-ring (bicyclic) bond motifs is 1.